The average molecular weight is 539 g/mol. The van der Waals surface area contributed by atoms with Crippen LogP contribution in [-0.2, 0) is 14.3 Å². The van der Waals surface area contributed by atoms with Gasteiger partial charge in [-0.25, -0.2) is 9.79 Å². The molecule has 0 unspecified atom stereocenters. The lowest BCUT2D eigenvalue weighted by atomic mass is 10.1. The number of nitrogens with zero attached hydrogens (tertiary/aromatic N) is 3. The minimum Gasteiger partial charge on any atom is -0.450 e. The van der Waals surface area contributed by atoms with E-state index in [0.717, 1.165) is 44.9 Å². The highest BCUT2D eigenvalue weighted by molar-refractivity contribution is 14.0. The molecule has 0 radical (unpaired) electrons. The zero-order chi connectivity index (χ0) is 21.1. The van der Waals surface area contributed by atoms with Crippen LogP contribution >= 0.6 is 24.0 Å². The first kappa shape index (κ1) is 26.7. The Morgan fingerprint density at radius 3 is 2.47 bits per heavy atom. The van der Waals surface area contributed by atoms with Crippen molar-refractivity contribution in [1.29, 1.82) is 0 Å². The molecule has 1 saturated heterocycles. The van der Waals surface area contributed by atoms with Crippen LogP contribution in [0.15, 0.2) is 4.99 Å². The van der Waals surface area contributed by atoms with E-state index in [-0.39, 0.29) is 48.6 Å². The Kier molecular flexibility index (Phi) is 13.1. The summed E-state index contributed by atoms with van der Waals surface area (Å²) in [6, 6.07) is 0.201. The van der Waals surface area contributed by atoms with Crippen LogP contribution < -0.4 is 10.6 Å². The normalized spacial score (nSPS) is 17.2. The highest BCUT2D eigenvalue weighted by atomic mass is 127. The highest BCUT2D eigenvalue weighted by Crippen LogP contribution is 2.28. The Labute approximate surface area is 197 Å². The van der Waals surface area contributed by atoms with Gasteiger partial charge in [0, 0.05) is 53.0 Å². The first-order valence-corrected chi connectivity index (χ1v) is 10.7. The number of hydrogen-bond donors (Lipinski definition) is 2. The van der Waals surface area contributed by atoms with E-state index in [1.165, 1.54) is 17.7 Å². The maximum atomic E-state index is 11.9. The lowest BCUT2D eigenvalue weighted by Gasteiger charge is -2.32. The van der Waals surface area contributed by atoms with Crippen molar-refractivity contribution in [3.63, 3.8) is 0 Å². The number of guanidine groups is 1. The van der Waals surface area contributed by atoms with E-state index in [1.54, 1.807) is 19.0 Å². The van der Waals surface area contributed by atoms with Gasteiger partial charge in [-0.15, -0.1) is 24.0 Å². The molecule has 1 aliphatic heterocycles. The summed E-state index contributed by atoms with van der Waals surface area (Å²) in [6.45, 7) is 5.93. The molecule has 0 aromatic rings. The smallest absolute Gasteiger partial charge is 0.409 e. The van der Waals surface area contributed by atoms with Gasteiger partial charge in [0.1, 0.15) is 6.54 Å². The van der Waals surface area contributed by atoms with Crippen LogP contribution in [0.25, 0.3) is 0 Å². The van der Waals surface area contributed by atoms with Gasteiger partial charge in [0.2, 0.25) is 5.91 Å². The van der Waals surface area contributed by atoms with Crippen molar-refractivity contribution in [2.75, 3.05) is 60.1 Å². The minimum absolute atomic E-state index is 0. The number of ether oxygens (including phenoxy) is 2. The number of aliphatic imine (C=N–C) groups is 1. The number of likely N-dealkylation sites (tertiary alicyclic amines) is 1. The summed E-state index contributed by atoms with van der Waals surface area (Å²) in [5.74, 6) is 1.37. The molecule has 9 nitrogen and oxygen atoms in total. The molecule has 1 saturated carbocycles. The molecule has 30 heavy (non-hydrogen) atoms. The fourth-order valence-electron chi connectivity index (χ4n) is 2.97. The van der Waals surface area contributed by atoms with Crippen molar-refractivity contribution in [3.05, 3.63) is 0 Å². The van der Waals surface area contributed by atoms with E-state index in [1.807, 2.05) is 6.92 Å². The van der Waals surface area contributed by atoms with Crippen molar-refractivity contribution < 1.29 is 19.1 Å². The molecule has 174 valence electrons. The SMILES string of the molecule is CCOC(=O)N1CCC(NC(=NCC(=O)N(C)C)NCCCOCC2CC2)CC1.I. The predicted molar refractivity (Wildman–Crippen MR) is 127 cm³/mol. The highest BCUT2D eigenvalue weighted by Gasteiger charge is 2.24. The number of carbonyl (C=O) groups excluding carboxylic acids is 2. The van der Waals surface area contributed by atoms with Gasteiger partial charge in [-0.2, -0.15) is 0 Å². The number of carbonyl (C=O) groups is 2. The van der Waals surface area contributed by atoms with Gasteiger partial charge < -0.3 is 29.9 Å². The van der Waals surface area contributed by atoms with Gasteiger partial charge in [-0.1, -0.05) is 0 Å². The third-order valence-corrected chi connectivity index (χ3v) is 5.04. The number of piperidine rings is 1. The van der Waals surface area contributed by atoms with Gasteiger partial charge in [0.05, 0.1) is 6.61 Å². The topological polar surface area (TPSA) is 95.5 Å². The monoisotopic (exact) mass is 539 g/mol. The number of hydrogen-bond acceptors (Lipinski definition) is 5. The molecule has 0 bridgehead atoms. The number of nitrogens with one attached hydrogen (secondary N) is 2. The van der Waals surface area contributed by atoms with Crippen LogP contribution in [-0.4, -0.2) is 93.9 Å². The Morgan fingerprint density at radius 1 is 1.17 bits per heavy atom. The van der Waals surface area contributed by atoms with Gasteiger partial charge in [0.25, 0.3) is 0 Å². The lowest BCUT2D eigenvalue weighted by Crippen LogP contribution is -2.50. The standard InChI is InChI=1S/C20H37N5O4.HI/c1-4-29-20(27)25-11-8-17(9-12-25)23-19(22-14-18(26)24(2)3)21-10-5-13-28-15-16-6-7-16;/h16-17H,4-15H2,1-3H3,(H2,21,22,23);1H. The Balaban J connectivity index is 0.00000450. The van der Waals surface area contributed by atoms with Crippen molar-refractivity contribution in [1.82, 2.24) is 20.4 Å². The summed E-state index contributed by atoms with van der Waals surface area (Å²) in [5, 5.41) is 6.71. The van der Waals surface area contributed by atoms with Crippen LogP contribution in [0.4, 0.5) is 4.79 Å². The van der Waals surface area contributed by atoms with E-state index < -0.39 is 0 Å². The molecule has 2 N–H and O–H groups in total. The summed E-state index contributed by atoms with van der Waals surface area (Å²) in [6.07, 6.45) is 4.86. The molecule has 2 fully saturated rings. The summed E-state index contributed by atoms with van der Waals surface area (Å²) >= 11 is 0. The molecule has 0 atom stereocenters. The Bertz CT molecular complexity index is 549. The number of halogens is 1. The zero-order valence-electron chi connectivity index (χ0n) is 18.5. The molecule has 2 amide bonds. The first-order chi connectivity index (χ1) is 14.0. The minimum atomic E-state index is -0.249. The summed E-state index contributed by atoms with van der Waals surface area (Å²) in [5.41, 5.74) is 0. The van der Waals surface area contributed by atoms with Crippen LogP contribution in [0.3, 0.4) is 0 Å². The third kappa shape index (κ3) is 10.6. The molecule has 1 heterocycles. The Hall–Kier alpha value is -1.30. The van der Waals surface area contributed by atoms with Crippen molar-refractivity contribution >= 4 is 41.9 Å². The maximum absolute atomic E-state index is 11.9. The molecule has 2 aliphatic rings. The fraction of sp³-hybridized carbons (Fsp3) is 0.850. The summed E-state index contributed by atoms with van der Waals surface area (Å²) in [7, 11) is 3.45. The van der Waals surface area contributed by atoms with Gasteiger partial charge >= 0.3 is 6.09 Å². The van der Waals surface area contributed by atoms with Crippen LogP contribution in [0.5, 0.6) is 0 Å². The number of amides is 2. The van der Waals surface area contributed by atoms with E-state index in [9.17, 15) is 9.59 Å². The van der Waals surface area contributed by atoms with E-state index >= 15 is 0 Å². The zero-order valence-corrected chi connectivity index (χ0v) is 20.9. The molecule has 1 aliphatic carbocycles. The predicted octanol–water partition coefficient (Wildman–Crippen LogP) is 1.67. The van der Waals surface area contributed by atoms with Crippen LogP contribution in [0.2, 0.25) is 0 Å². The quantitative estimate of drug-likeness (QED) is 0.190. The van der Waals surface area contributed by atoms with Gasteiger partial charge in [-0.3, -0.25) is 4.79 Å². The van der Waals surface area contributed by atoms with Crippen LogP contribution in [0.1, 0.15) is 39.0 Å². The van der Waals surface area contributed by atoms with Crippen LogP contribution in [0, 0.1) is 5.92 Å². The molecule has 0 aromatic heterocycles. The van der Waals surface area contributed by atoms with Gasteiger partial charge in [0.15, 0.2) is 5.96 Å². The largest absolute Gasteiger partial charge is 0.450 e. The number of likely N-dealkylation sites (N-methyl/N-ethyl adjacent to an activating group) is 1. The average Bonchev–Trinajstić information content (AvgIpc) is 3.53. The summed E-state index contributed by atoms with van der Waals surface area (Å²) < 4.78 is 10.7. The van der Waals surface area contributed by atoms with Gasteiger partial charge in [-0.05, 0) is 44.9 Å². The van der Waals surface area contributed by atoms with E-state index in [0.29, 0.717) is 25.7 Å². The van der Waals surface area contributed by atoms with E-state index in [4.69, 9.17) is 9.47 Å². The molecular formula is C20H38IN5O4. The van der Waals surface area contributed by atoms with Crippen molar-refractivity contribution in [2.24, 2.45) is 10.9 Å². The van der Waals surface area contributed by atoms with Crippen molar-refractivity contribution in [3.8, 4) is 0 Å². The molecule has 2 rings (SSSR count). The Morgan fingerprint density at radius 2 is 1.87 bits per heavy atom. The molecular weight excluding hydrogens is 501 g/mol. The van der Waals surface area contributed by atoms with E-state index in [2.05, 4.69) is 15.6 Å². The lowest BCUT2D eigenvalue weighted by molar-refractivity contribution is -0.127. The molecule has 0 spiro atoms. The second-order valence-corrected chi connectivity index (χ2v) is 7.86. The third-order valence-electron chi connectivity index (χ3n) is 5.04. The summed E-state index contributed by atoms with van der Waals surface area (Å²) in [4.78, 5) is 31.4. The fourth-order valence-corrected chi connectivity index (χ4v) is 2.97. The molecule has 0 aromatic carbocycles. The maximum Gasteiger partial charge on any atom is 0.409 e. The number of rotatable bonds is 10. The van der Waals surface area contributed by atoms with Crippen molar-refractivity contribution in [2.45, 2.75) is 45.1 Å². The first-order valence-electron chi connectivity index (χ1n) is 10.7. The molecule has 10 heteroatoms. The second-order valence-electron chi connectivity index (χ2n) is 7.86. The second kappa shape index (κ2) is 14.7.